The van der Waals surface area contributed by atoms with E-state index >= 15 is 0 Å². The molecule has 0 amide bonds. The molecule has 0 aliphatic carbocycles. The molecule has 1 aliphatic heterocycles. The summed E-state index contributed by atoms with van der Waals surface area (Å²) in [6.45, 7) is 6.86. The average molecular weight is 171 g/mol. The predicted molar refractivity (Wildman–Crippen MR) is 47.7 cm³/mol. The van der Waals surface area contributed by atoms with E-state index in [1.807, 2.05) is 0 Å². The molecule has 0 aromatic rings. The summed E-state index contributed by atoms with van der Waals surface area (Å²) in [5.74, 6) is 0. The average Bonchev–Trinajstić information content (AvgIpc) is 2.08. The maximum atomic E-state index is 8.56. The van der Waals surface area contributed by atoms with Crippen LogP contribution in [0.4, 0.5) is 0 Å². The van der Waals surface area contributed by atoms with Crippen molar-refractivity contribution in [2.24, 2.45) is 0 Å². The second-order valence-corrected chi connectivity index (χ2v) is 2.54. The number of rotatable bonds is 2. The van der Waals surface area contributed by atoms with E-state index in [1.165, 1.54) is 6.92 Å². The summed E-state index contributed by atoms with van der Waals surface area (Å²) in [4.78, 5) is 2.26. The highest BCUT2D eigenvalue weighted by Crippen LogP contribution is 1.88. The Labute approximate surface area is 73.8 Å². The molecule has 2 N–H and O–H groups in total. The Morgan fingerprint density at radius 3 is 2.42 bits per heavy atom. The second-order valence-electron chi connectivity index (χ2n) is 2.54. The van der Waals surface area contributed by atoms with Crippen molar-refractivity contribution in [3.63, 3.8) is 0 Å². The minimum absolute atomic E-state index is 0.292. The number of β-amino-alcohol motifs (C(OH)–C–C–N with tert-alkyl or cyclic N) is 1. The van der Waals surface area contributed by atoms with E-state index in [9.17, 15) is 0 Å². The molecule has 1 heterocycles. The van der Waals surface area contributed by atoms with Gasteiger partial charge in [-0.3, -0.25) is 4.90 Å². The van der Waals surface area contributed by atoms with Crippen molar-refractivity contribution < 1.29 is 5.11 Å². The number of nitriles is 1. The lowest BCUT2D eigenvalue weighted by Gasteiger charge is -2.25. The molecule has 1 saturated heterocycles. The van der Waals surface area contributed by atoms with E-state index in [0.29, 0.717) is 6.61 Å². The van der Waals surface area contributed by atoms with Crippen molar-refractivity contribution in [1.82, 2.24) is 10.2 Å². The highest BCUT2D eigenvalue weighted by molar-refractivity contribution is 4.66. The smallest absolute Gasteiger partial charge is 0.0587 e. The Hall–Kier alpha value is -0.630. The highest BCUT2D eigenvalue weighted by atomic mass is 16.3. The van der Waals surface area contributed by atoms with E-state index in [1.54, 1.807) is 6.07 Å². The van der Waals surface area contributed by atoms with Gasteiger partial charge in [-0.25, -0.2) is 0 Å². The van der Waals surface area contributed by atoms with Gasteiger partial charge in [0.15, 0.2) is 0 Å². The molecule has 0 spiro atoms. The largest absolute Gasteiger partial charge is 0.395 e. The van der Waals surface area contributed by atoms with Crippen LogP contribution in [0.2, 0.25) is 0 Å². The lowest BCUT2D eigenvalue weighted by atomic mass is 10.4. The minimum atomic E-state index is 0.292. The molecule has 0 bridgehead atoms. The van der Waals surface area contributed by atoms with Gasteiger partial charge in [-0.2, -0.15) is 5.26 Å². The zero-order valence-electron chi connectivity index (χ0n) is 7.58. The summed E-state index contributed by atoms with van der Waals surface area (Å²) in [7, 11) is 0. The number of hydrogen-bond acceptors (Lipinski definition) is 4. The summed E-state index contributed by atoms with van der Waals surface area (Å²) in [5, 5.41) is 19.1. The van der Waals surface area contributed by atoms with E-state index < -0.39 is 0 Å². The summed E-state index contributed by atoms with van der Waals surface area (Å²) < 4.78 is 0. The predicted octanol–water partition coefficient (Wildman–Crippen LogP) is -0.586. The van der Waals surface area contributed by atoms with Gasteiger partial charge >= 0.3 is 0 Å². The van der Waals surface area contributed by atoms with Crippen molar-refractivity contribution in [2.75, 3.05) is 39.3 Å². The van der Waals surface area contributed by atoms with Crippen LogP contribution in [0.3, 0.4) is 0 Å². The number of piperazine rings is 1. The van der Waals surface area contributed by atoms with Gasteiger partial charge in [0, 0.05) is 39.6 Å². The SMILES string of the molecule is CC#N.OCCN1CCNCC1. The molecule has 0 atom stereocenters. The zero-order valence-corrected chi connectivity index (χ0v) is 7.58. The van der Waals surface area contributed by atoms with Crippen LogP contribution in [0.15, 0.2) is 0 Å². The first-order chi connectivity index (χ1) is 5.85. The molecule has 0 radical (unpaired) electrons. The van der Waals surface area contributed by atoms with Gasteiger partial charge in [0.25, 0.3) is 0 Å². The Morgan fingerprint density at radius 2 is 2.00 bits per heavy atom. The van der Waals surface area contributed by atoms with Gasteiger partial charge in [0.2, 0.25) is 0 Å². The third-order valence-electron chi connectivity index (χ3n) is 1.63. The first kappa shape index (κ1) is 11.4. The first-order valence-corrected chi connectivity index (χ1v) is 4.20. The minimum Gasteiger partial charge on any atom is -0.395 e. The fraction of sp³-hybridized carbons (Fsp3) is 0.875. The number of aliphatic hydroxyl groups is 1. The molecule has 70 valence electrons. The fourth-order valence-corrected chi connectivity index (χ4v) is 1.08. The van der Waals surface area contributed by atoms with E-state index in [-0.39, 0.29) is 0 Å². The molecule has 4 heteroatoms. The molecule has 0 saturated carbocycles. The Balaban J connectivity index is 0.000000354. The third-order valence-corrected chi connectivity index (χ3v) is 1.63. The maximum Gasteiger partial charge on any atom is 0.0587 e. The van der Waals surface area contributed by atoms with Crippen molar-refractivity contribution in [1.29, 1.82) is 5.26 Å². The summed E-state index contributed by atoms with van der Waals surface area (Å²) in [6, 6.07) is 1.75. The van der Waals surface area contributed by atoms with Crippen LogP contribution in [-0.2, 0) is 0 Å². The van der Waals surface area contributed by atoms with E-state index in [2.05, 4.69) is 10.2 Å². The topological polar surface area (TPSA) is 59.3 Å². The summed E-state index contributed by atoms with van der Waals surface area (Å²) in [5.41, 5.74) is 0. The van der Waals surface area contributed by atoms with Crippen molar-refractivity contribution in [2.45, 2.75) is 6.92 Å². The Bertz CT molecular complexity index is 124. The second kappa shape index (κ2) is 8.47. The summed E-state index contributed by atoms with van der Waals surface area (Å²) in [6.07, 6.45) is 0. The lowest BCUT2D eigenvalue weighted by molar-refractivity contribution is 0.180. The van der Waals surface area contributed by atoms with Crippen molar-refractivity contribution in [3.05, 3.63) is 0 Å². The van der Waals surface area contributed by atoms with Crippen LogP contribution in [0.25, 0.3) is 0 Å². The van der Waals surface area contributed by atoms with Gasteiger partial charge in [0.05, 0.1) is 12.7 Å². The maximum absolute atomic E-state index is 8.56. The quantitative estimate of drug-likeness (QED) is 0.583. The van der Waals surface area contributed by atoms with E-state index in [0.717, 1.165) is 32.7 Å². The molecular formula is C8H17N3O. The summed E-state index contributed by atoms with van der Waals surface area (Å²) >= 11 is 0. The van der Waals surface area contributed by atoms with E-state index in [4.69, 9.17) is 10.4 Å². The fourth-order valence-electron chi connectivity index (χ4n) is 1.08. The van der Waals surface area contributed by atoms with Crippen LogP contribution >= 0.6 is 0 Å². The standard InChI is InChI=1S/C6H14N2O.C2H3N/c9-6-5-8-3-1-7-2-4-8;1-2-3/h7,9H,1-6H2;1H3. The molecule has 12 heavy (non-hydrogen) atoms. The van der Waals surface area contributed by atoms with Crippen LogP contribution in [0.1, 0.15) is 6.92 Å². The number of nitrogens with one attached hydrogen (secondary N) is 1. The normalized spacial score (nSPS) is 17.4. The van der Waals surface area contributed by atoms with Gasteiger partial charge in [-0.15, -0.1) is 0 Å². The number of nitrogens with zero attached hydrogens (tertiary/aromatic N) is 2. The molecule has 4 nitrogen and oxygen atoms in total. The highest BCUT2D eigenvalue weighted by Gasteiger charge is 2.06. The van der Waals surface area contributed by atoms with Gasteiger partial charge < -0.3 is 10.4 Å². The van der Waals surface area contributed by atoms with Crippen LogP contribution in [-0.4, -0.2) is 49.3 Å². The van der Waals surface area contributed by atoms with Gasteiger partial charge in [-0.1, -0.05) is 0 Å². The number of hydrogen-bond donors (Lipinski definition) is 2. The van der Waals surface area contributed by atoms with Crippen LogP contribution in [0.5, 0.6) is 0 Å². The lowest BCUT2D eigenvalue weighted by Crippen LogP contribution is -2.44. The van der Waals surface area contributed by atoms with Crippen LogP contribution in [0, 0.1) is 11.3 Å². The Morgan fingerprint density at radius 1 is 1.50 bits per heavy atom. The van der Waals surface area contributed by atoms with Crippen molar-refractivity contribution >= 4 is 0 Å². The van der Waals surface area contributed by atoms with Crippen LogP contribution < -0.4 is 5.32 Å². The zero-order chi connectivity index (χ0) is 9.23. The van der Waals surface area contributed by atoms with Crippen molar-refractivity contribution in [3.8, 4) is 6.07 Å². The molecule has 1 aliphatic rings. The first-order valence-electron chi connectivity index (χ1n) is 4.20. The van der Waals surface area contributed by atoms with Gasteiger partial charge in [0.1, 0.15) is 0 Å². The third kappa shape index (κ3) is 6.10. The Kier molecular flexibility index (Phi) is 8.02. The molecule has 1 rings (SSSR count). The molecule has 0 aromatic heterocycles. The number of aliphatic hydroxyl groups excluding tert-OH is 1. The molecule has 0 unspecified atom stereocenters. The molecule has 0 aromatic carbocycles. The monoisotopic (exact) mass is 171 g/mol. The van der Waals surface area contributed by atoms with Gasteiger partial charge in [-0.05, 0) is 0 Å². The molecular weight excluding hydrogens is 154 g/mol. The molecule has 1 fully saturated rings.